The number of fused-ring (bicyclic) bond motifs is 1. The summed E-state index contributed by atoms with van der Waals surface area (Å²) in [7, 11) is 2.16. The topological polar surface area (TPSA) is 89.0 Å². The van der Waals surface area contributed by atoms with E-state index in [-0.39, 0.29) is 11.7 Å². The molecule has 3 aromatic rings. The van der Waals surface area contributed by atoms with E-state index in [1.807, 2.05) is 57.0 Å². The van der Waals surface area contributed by atoms with E-state index in [1.165, 1.54) is 5.70 Å². The first-order chi connectivity index (χ1) is 22.7. The number of pyridine rings is 1. The summed E-state index contributed by atoms with van der Waals surface area (Å²) in [6.07, 6.45) is 13.4. The summed E-state index contributed by atoms with van der Waals surface area (Å²) in [4.78, 5) is 33.9. The second-order valence-electron chi connectivity index (χ2n) is 11.4. The number of hydrogen-bond donors (Lipinski definition) is 2. The number of aryl methyl sites for hydroxylation is 2. The van der Waals surface area contributed by atoms with Crippen LogP contribution >= 0.6 is 0 Å². The highest BCUT2D eigenvalue weighted by atomic mass is 16.3. The summed E-state index contributed by atoms with van der Waals surface area (Å²) in [6, 6.07) is 11.2. The third-order valence-electron chi connectivity index (χ3n) is 8.08. The summed E-state index contributed by atoms with van der Waals surface area (Å²) in [6.45, 7) is 19.9. The number of carbonyl (C=O) groups is 2. The summed E-state index contributed by atoms with van der Waals surface area (Å²) in [5.74, 6) is 0.172. The highest BCUT2D eigenvalue weighted by molar-refractivity contribution is 6.06. The molecule has 0 radical (unpaired) electrons. The van der Waals surface area contributed by atoms with E-state index in [0.717, 1.165) is 95.7 Å². The van der Waals surface area contributed by atoms with Crippen LogP contribution in [-0.2, 0) is 16.0 Å². The molecule has 0 unspecified atom stereocenters. The number of allylic oxidation sites excluding steroid dienone is 4. The van der Waals surface area contributed by atoms with Crippen molar-refractivity contribution in [2.45, 2.75) is 60.8 Å². The van der Waals surface area contributed by atoms with Crippen LogP contribution in [0.5, 0.6) is 5.75 Å². The third kappa shape index (κ3) is 9.42. The van der Waals surface area contributed by atoms with Gasteiger partial charge < -0.3 is 25.0 Å². The number of hydrogen-bond acceptors (Lipinski definition) is 7. The lowest BCUT2D eigenvalue weighted by Gasteiger charge is -2.35. The zero-order chi connectivity index (χ0) is 34.5. The van der Waals surface area contributed by atoms with Crippen LogP contribution in [0, 0.1) is 6.92 Å². The Morgan fingerprint density at radius 1 is 1.09 bits per heavy atom. The maximum absolute atomic E-state index is 13.4. The predicted molar refractivity (Wildman–Crippen MR) is 196 cm³/mol. The number of aldehydes is 1. The van der Waals surface area contributed by atoms with Gasteiger partial charge in [0.25, 0.3) is 0 Å². The van der Waals surface area contributed by atoms with Gasteiger partial charge in [-0.05, 0) is 85.6 Å². The zero-order valence-electron chi connectivity index (χ0n) is 29.1. The van der Waals surface area contributed by atoms with Crippen molar-refractivity contribution in [3.8, 4) is 5.75 Å². The van der Waals surface area contributed by atoms with Crippen molar-refractivity contribution >= 4 is 40.2 Å². The Bertz CT molecular complexity index is 1650. The molecule has 250 valence electrons. The normalized spacial score (nSPS) is 14.4. The Labute approximate surface area is 280 Å². The Hall–Kier alpha value is -4.69. The first-order valence-corrected chi connectivity index (χ1v) is 16.6. The standard InChI is InChI=1S/C34H39N5O2.C3H6O.C2H6/c1-6-26-22-35-33-14-10-27(24(3)36-32-15-13-30(41)20-23(32)2)21-31(33)34(26)39(25(4)40)29-9-7-8-28(11-12-29)38-18-16-37(5)17-19-38;1-2-3-4;1-2/h7,9-15,20-22,36,41H,3,6,8,16-19H2,1-2,4-5H3;3H,2H2,1H3;1-2H3. The van der Waals surface area contributed by atoms with Crippen molar-refractivity contribution < 1.29 is 14.7 Å². The molecule has 1 aromatic heterocycles. The van der Waals surface area contributed by atoms with Crippen molar-refractivity contribution in [1.29, 1.82) is 0 Å². The molecule has 1 amide bonds. The van der Waals surface area contributed by atoms with Crippen molar-refractivity contribution in [3.05, 3.63) is 102 Å². The van der Waals surface area contributed by atoms with Crippen molar-refractivity contribution in [2.24, 2.45) is 0 Å². The SMILES string of the molecule is C=C(Nc1ccc(O)cc1C)c1ccc2ncc(CC)c(N(C(C)=O)C3=CC=C(N4CCN(C)CC4)CC=C3)c2c1.CC.CCC=O. The van der Waals surface area contributed by atoms with E-state index in [1.54, 1.807) is 19.1 Å². The lowest BCUT2D eigenvalue weighted by Crippen LogP contribution is -2.43. The fourth-order valence-corrected chi connectivity index (χ4v) is 5.50. The minimum absolute atomic E-state index is 0.0541. The van der Waals surface area contributed by atoms with Gasteiger partial charge in [0.2, 0.25) is 5.91 Å². The molecule has 2 N–H and O–H groups in total. The molecule has 2 heterocycles. The van der Waals surface area contributed by atoms with Gasteiger partial charge in [-0.3, -0.25) is 14.7 Å². The maximum Gasteiger partial charge on any atom is 0.228 e. The van der Waals surface area contributed by atoms with Gasteiger partial charge in [-0.15, -0.1) is 0 Å². The van der Waals surface area contributed by atoms with Gasteiger partial charge >= 0.3 is 0 Å². The van der Waals surface area contributed by atoms with Crippen LogP contribution in [0.25, 0.3) is 16.6 Å². The number of carbonyl (C=O) groups excluding carboxylic acids is 2. The molecule has 2 aliphatic rings. The first-order valence-electron chi connectivity index (χ1n) is 16.6. The first kappa shape index (κ1) is 36.8. The van der Waals surface area contributed by atoms with Crippen LogP contribution < -0.4 is 10.2 Å². The van der Waals surface area contributed by atoms with E-state index >= 15 is 0 Å². The van der Waals surface area contributed by atoms with Crippen LogP contribution in [0.2, 0.25) is 0 Å². The highest BCUT2D eigenvalue weighted by Gasteiger charge is 2.23. The smallest absolute Gasteiger partial charge is 0.228 e. The predicted octanol–water partition coefficient (Wildman–Crippen LogP) is 7.84. The molecule has 1 saturated heterocycles. The minimum atomic E-state index is -0.0541. The molecule has 5 rings (SSSR count). The van der Waals surface area contributed by atoms with Crippen LogP contribution in [0.15, 0.2) is 84.9 Å². The van der Waals surface area contributed by atoms with Crippen molar-refractivity contribution in [3.63, 3.8) is 0 Å². The van der Waals surface area contributed by atoms with Crippen molar-refractivity contribution in [1.82, 2.24) is 14.8 Å². The number of piperazine rings is 1. The second kappa shape index (κ2) is 17.9. The Balaban J connectivity index is 0.000000930. The number of aromatic nitrogens is 1. The number of likely N-dealkylation sites (N-methyl/N-ethyl adjacent to an activating group) is 1. The van der Waals surface area contributed by atoms with Gasteiger partial charge in [-0.25, -0.2) is 0 Å². The third-order valence-corrected chi connectivity index (χ3v) is 8.08. The van der Waals surface area contributed by atoms with E-state index < -0.39 is 0 Å². The van der Waals surface area contributed by atoms with Crippen molar-refractivity contribution in [2.75, 3.05) is 43.4 Å². The molecule has 2 aromatic carbocycles. The summed E-state index contributed by atoms with van der Waals surface area (Å²) in [5, 5.41) is 14.1. The number of rotatable bonds is 8. The van der Waals surface area contributed by atoms with E-state index in [9.17, 15) is 14.7 Å². The summed E-state index contributed by atoms with van der Waals surface area (Å²) in [5.41, 5.74) is 8.18. The number of amides is 1. The van der Waals surface area contributed by atoms with Gasteiger partial charge in [0, 0.05) is 80.3 Å². The Kier molecular flexibility index (Phi) is 14.0. The molecule has 47 heavy (non-hydrogen) atoms. The van der Waals surface area contributed by atoms with Crippen LogP contribution in [0.1, 0.15) is 64.2 Å². The highest BCUT2D eigenvalue weighted by Crippen LogP contribution is 2.36. The largest absolute Gasteiger partial charge is 0.508 e. The molecule has 1 aliphatic carbocycles. The molecule has 1 aliphatic heterocycles. The fraction of sp³-hybridized carbons (Fsp3) is 0.359. The molecule has 0 saturated carbocycles. The molecule has 1 fully saturated rings. The maximum atomic E-state index is 13.4. The Morgan fingerprint density at radius 3 is 2.40 bits per heavy atom. The molecular formula is C39H51N5O3. The molecule has 0 bridgehead atoms. The van der Waals surface area contributed by atoms with Gasteiger partial charge in [-0.1, -0.05) is 46.4 Å². The quantitative estimate of drug-likeness (QED) is 0.192. The summed E-state index contributed by atoms with van der Waals surface area (Å²) >= 11 is 0. The van der Waals surface area contributed by atoms with Gasteiger partial charge in [0.1, 0.15) is 12.0 Å². The molecule has 0 spiro atoms. The Morgan fingerprint density at radius 2 is 1.79 bits per heavy atom. The number of nitrogens with one attached hydrogen (secondary N) is 1. The molecule has 0 atom stereocenters. The van der Waals surface area contributed by atoms with Gasteiger partial charge in [-0.2, -0.15) is 0 Å². The van der Waals surface area contributed by atoms with Gasteiger partial charge in [0.05, 0.1) is 11.2 Å². The van der Waals surface area contributed by atoms with Crippen LogP contribution in [0.3, 0.4) is 0 Å². The van der Waals surface area contributed by atoms with E-state index in [0.29, 0.717) is 6.42 Å². The minimum Gasteiger partial charge on any atom is -0.508 e. The number of anilines is 2. The lowest BCUT2D eigenvalue weighted by molar-refractivity contribution is -0.116. The molecule has 8 heteroatoms. The summed E-state index contributed by atoms with van der Waals surface area (Å²) < 4.78 is 0. The molecular weight excluding hydrogens is 586 g/mol. The average Bonchev–Trinajstić information content (AvgIpc) is 3.33. The van der Waals surface area contributed by atoms with E-state index in [2.05, 4.69) is 66.0 Å². The number of aromatic hydroxyl groups is 1. The number of benzene rings is 2. The number of phenols is 1. The van der Waals surface area contributed by atoms with Crippen LogP contribution in [0.4, 0.5) is 11.4 Å². The fourth-order valence-electron chi connectivity index (χ4n) is 5.50. The lowest BCUT2D eigenvalue weighted by atomic mass is 10.0. The average molecular weight is 638 g/mol. The number of nitrogens with zero attached hydrogens (tertiary/aromatic N) is 4. The van der Waals surface area contributed by atoms with E-state index in [4.69, 9.17) is 4.98 Å². The second-order valence-corrected chi connectivity index (χ2v) is 11.4. The zero-order valence-corrected chi connectivity index (χ0v) is 29.1. The number of phenolic OH excluding ortho intramolecular Hbond substituents is 1. The monoisotopic (exact) mass is 637 g/mol. The van der Waals surface area contributed by atoms with Gasteiger partial charge in [0.15, 0.2) is 0 Å². The molecule has 8 nitrogen and oxygen atoms in total. The van der Waals surface area contributed by atoms with Crippen LogP contribution in [-0.4, -0.2) is 65.3 Å².